The molecule has 2 aromatic heterocycles. The van der Waals surface area contributed by atoms with E-state index in [1.165, 1.54) is 18.2 Å². The van der Waals surface area contributed by atoms with Crippen molar-refractivity contribution in [3.63, 3.8) is 0 Å². The summed E-state index contributed by atoms with van der Waals surface area (Å²) >= 11 is 0. The van der Waals surface area contributed by atoms with E-state index < -0.39 is 4.92 Å². The molecular formula is C32H28N6O4. The first kappa shape index (κ1) is 26.7. The van der Waals surface area contributed by atoms with E-state index in [1.54, 1.807) is 36.5 Å². The number of nitro benzene ring substituents is 1. The van der Waals surface area contributed by atoms with Crippen LogP contribution in [0.2, 0.25) is 0 Å². The predicted molar refractivity (Wildman–Crippen MR) is 162 cm³/mol. The quantitative estimate of drug-likeness (QED) is 0.150. The number of amides is 1. The maximum atomic E-state index is 13.0. The number of carbonyl (C=O) groups is 1. The summed E-state index contributed by atoms with van der Waals surface area (Å²) in [6.07, 6.45) is 6.74. The number of hydrogen-bond acceptors (Lipinski definition) is 7. The number of benzene rings is 3. The topological polar surface area (TPSA) is 107 Å². The van der Waals surface area contributed by atoms with Crippen molar-refractivity contribution in [1.29, 1.82) is 0 Å². The molecule has 3 heterocycles. The van der Waals surface area contributed by atoms with Gasteiger partial charge < -0.3 is 14.5 Å². The number of aromatic nitrogens is 3. The lowest BCUT2D eigenvalue weighted by molar-refractivity contribution is -0.384. The van der Waals surface area contributed by atoms with Crippen molar-refractivity contribution >= 4 is 34.5 Å². The third-order valence-electron chi connectivity index (χ3n) is 7.38. The Morgan fingerprint density at radius 3 is 2.48 bits per heavy atom. The number of fused-ring (bicyclic) bond motifs is 1. The van der Waals surface area contributed by atoms with E-state index in [1.807, 2.05) is 47.0 Å². The molecule has 1 fully saturated rings. The smallest absolute Gasteiger partial charge is 0.270 e. The number of anilines is 1. The standard InChI is InChI=1S/C32H28N6O4/c1-42-28-13-6-5-12-27(28)37-21-26(24-9-3-2-4-10-24)30-31(33-22-34-32(30)37)36-18-16-35(17-19-36)29(39)15-14-23-8-7-11-25(20-23)38(40)41/h2-15,20-22H,16-19H2,1H3/b15-14+. The van der Waals surface area contributed by atoms with Gasteiger partial charge >= 0.3 is 0 Å². The number of piperazine rings is 1. The molecule has 0 N–H and O–H groups in total. The number of rotatable bonds is 7. The van der Waals surface area contributed by atoms with Crippen molar-refractivity contribution in [2.45, 2.75) is 0 Å². The minimum absolute atomic E-state index is 0.0104. The van der Waals surface area contributed by atoms with E-state index in [0.29, 0.717) is 31.7 Å². The highest BCUT2D eigenvalue weighted by Crippen LogP contribution is 2.38. The molecular weight excluding hydrogens is 532 g/mol. The molecule has 0 unspecified atom stereocenters. The van der Waals surface area contributed by atoms with Crippen LogP contribution in [0.15, 0.2) is 97.5 Å². The van der Waals surface area contributed by atoms with Gasteiger partial charge in [0.1, 0.15) is 17.9 Å². The normalized spacial score (nSPS) is 13.5. The number of methoxy groups -OCH3 is 1. The minimum atomic E-state index is -0.448. The summed E-state index contributed by atoms with van der Waals surface area (Å²) in [7, 11) is 1.66. The second-order valence-electron chi connectivity index (χ2n) is 9.84. The lowest BCUT2D eigenvalue weighted by Crippen LogP contribution is -2.48. The fourth-order valence-corrected chi connectivity index (χ4v) is 5.29. The van der Waals surface area contributed by atoms with Crippen LogP contribution in [-0.2, 0) is 4.79 Å². The van der Waals surface area contributed by atoms with Gasteiger partial charge in [-0.1, -0.05) is 54.6 Å². The van der Waals surface area contributed by atoms with Crippen LogP contribution in [0.4, 0.5) is 11.5 Å². The van der Waals surface area contributed by atoms with Crippen LogP contribution in [0, 0.1) is 10.1 Å². The summed E-state index contributed by atoms with van der Waals surface area (Å²) in [5.41, 5.74) is 4.29. The zero-order valence-corrected chi connectivity index (χ0v) is 23.0. The molecule has 0 saturated carbocycles. The fourth-order valence-electron chi connectivity index (χ4n) is 5.29. The molecule has 0 atom stereocenters. The van der Waals surface area contributed by atoms with Gasteiger partial charge in [0.25, 0.3) is 5.69 Å². The average Bonchev–Trinajstić information content (AvgIpc) is 3.44. The van der Waals surface area contributed by atoms with E-state index >= 15 is 0 Å². The number of nitro groups is 1. The zero-order valence-electron chi connectivity index (χ0n) is 23.0. The summed E-state index contributed by atoms with van der Waals surface area (Å²) in [4.78, 5) is 37.0. The summed E-state index contributed by atoms with van der Waals surface area (Å²) in [5, 5.41) is 12.0. The Balaban J connectivity index is 1.29. The van der Waals surface area contributed by atoms with Gasteiger partial charge in [0.2, 0.25) is 5.91 Å². The summed E-state index contributed by atoms with van der Waals surface area (Å²) in [6, 6.07) is 24.2. The Bertz CT molecular complexity index is 1790. The lowest BCUT2D eigenvalue weighted by Gasteiger charge is -2.35. The SMILES string of the molecule is COc1ccccc1-n1cc(-c2ccccc2)c2c(N3CCN(C(=O)/C=C/c4cccc([N+](=O)[O-])c4)CC3)ncnc21. The van der Waals surface area contributed by atoms with Crippen LogP contribution in [-0.4, -0.2) is 63.6 Å². The van der Waals surface area contributed by atoms with Crippen LogP contribution in [0.1, 0.15) is 5.56 Å². The maximum absolute atomic E-state index is 13.0. The highest BCUT2D eigenvalue weighted by atomic mass is 16.6. The van der Waals surface area contributed by atoms with Crippen molar-refractivity contribution in [2.75, 3.05) is 38.2 Å². The molecule has 3 aromatic carbocycles. The van der Waals surface area contributed by atoms with Gasteiger partial charge in [0.15, 0.2) is 5.65 Å². The number of hydrogen-bond donors (Lipinski definition) is 0. The maximum Gasteiger partial charge on any atom is 0.270 e. The molecule has 1 aliphatic rings. The van der Waals surface area contributed by atoms with Crippen LogP contribution in [0.25, 0.3) is 33.9 Å². The van der Waals surface area contributed by atoms with Gasteiger partial charge in [-0.25, -0.2) is 9.97 Å². The second-order valence-corrected chi connectivity index (χ2v) is 9.84. The molecule has 1 saturated heterocycles. The summed E-state index contributed by atoms with van der Waals surface area (Å²) in [5.74, 6) is 1.41. The van der Waals surface area contributed by atoms with Gasteiger partial charge in [-0.2, -0.15) is 0 Å². The molecule has 0 bridgehead atoms. The highest BCUT2D eigenvalue weighted by Gasteiger charge is 2.26. The Labute approximate surface area is 242 Å². The summed E-state index contributed by atoms with van der Waals surface area (Å²) in [6.45, 7) is 2.21. The molecule has 0 aliphatic carbocycles. The number of non-ortho nitro benzene ring substituents is 1. The van der Waals surface area contributed by atoms with E-state index in [0.717, 1.165) is 39.4 Å². The monoisotopic (exact) mass is 560 g/mol. The van der Waals surface area contributed by atoms with Gasteiger partial charge in [0, 0.05) is 56.1 Å². The van der Waals surface area contributed by atoms with Crippen molar-refractivity contribution < 1.29 is 14.5 Å². The van der Waals surface area contributed by atoms with E-state index in [2.05, 4.69) is 23.2 Å². The molecule has 6 rings (SSSR count). The molecule has 0 radical (unpaired) electrons. The minimum Gasteiger partial charge on any atom is -0.495 e. The fraction of sp³-hybridized carbons (Fsp3) is 0.156. The zero-order chi connectivity index (χ0) is 29.1. The van der Waals surface area contributed by atoms with Gasteiger partial charge in [0.05, 0.1) is 23.1 Å². The van der Waals surface area contributed by atoms with Crippen molar-refractivity contribution in [3.05, 3.63) is 113 Å². The van der Waals surface area contributed by atoms with Crippen molar-refractivity contribution in [2.24, 2.45) is 0 Å². The third kappa shape index (κ3) is 5.17. The predicted octanol–water partition coefficient (Wildman–Crippen LogP) is 5.37. The first-order valence-corrected chi connectivity index (χ1v) is 13.5. The van der Waals surface area contributed by atoms with Crippen molar-refractivity contribution in [1.82, 2.24) is 19.4 Å². The molecule has 0 spiro atoms. The highest BCUT2D eigenvalue weighted by molar-refractivity contribution is 6.02. The Hall–Kier alpha value is -5.51. The second kappa shape index (κ2) is 11.5. The van der Waals surface area contributed by atoms with Crippen LogP contribution < -0.4 is 9.64 Å². The first-order chi connectivity index (χ1) is 20.5. The van der Waals surface area contributed by atoms with Gasteiger partial charge in [-0.05, 0) is 29.3 Å². The molecule has 1 aliphatic heterocycles. The Morgan fingerprint density at radius 1 is 0.952 bits per heavy atom. The van der Waals surface area contributed by atoms with Crippen LogP contribution in [0.5, 0.6) is 5.75 Å². The average molecular weight is 561 g/mol. The number of carbonyl (C=O) groups excluding carboxylic acids is 1. The molecule has 10 heteroatoms. The van der Waals surface area contributed by atoms with Crippen LogP contribution >= 0.6 is 0 Å². The molecule has 1 amide bonds. The lowest BCUT2D eigenvalue weighted by atomic mass is 10.1. The number of para-hydroxylation sites is 2. The Morgan fingerprint density at radius 2 is 1.71 bits per heavy atom. The molecule has 42 heavy (non-hydrogen) atoms. The molecule has 10 nitrogen and oxygen atoms in total. The largest absolute Gasteiger partial charge is 0.495 e. The third-order valence-corrected chi connectivity index (χ3v) is 7.38. The van der Waals surface area contributed by atoms with Gasteiger partial charge in [-0.15, -0.1) is 0 Å². The van der Waals surface area contributed by atoms with Gasteiger partial charge in [-0.3, -0.25) is 19.5 Å². The molecule has 210 valence electrons. The number of ether oxygens (including phenoxy) is 1. The summed E-state index contributed by atoms with van der Waals surface area (Å²) < 4.78 is 7.70. The van der Waals surface area contributed by atoms with Crippen molar-refractivity contribution in [3.8, 4) is 22.6 Å². The van der Waals surface area contributed by atoms with E-state index in [4.69, 9.17) is 14.7 Å². The Kier molecular flexibility index (Phi) is 7.33. The molecule has 5 aromatic rings. The van der Waals surface area contributed by atoms with Crippen LogP contribution in [0.3, 0.4) is 0 Å². The van der Waals surface area contributed by atoms with E-state index in [9.17, 15) is 14.9 Å². The number of nitrogens with zero attached hydrogens (tertiary/aromatic N) is 6. The van der Waals surface area contributed by atoms with E-state index in [-0.39, 0.29) is 11.6 Å². The first-order valence-electron chi connectivity index (χ1n) is 13.5.